The van der Waals surface area contributed by atoms with Gasteiger partial charge in [-0.2, -0.15) is 0 Å². The molecule has 0 heterocycles. The van der Waals surface area contributed by atoms with Gasteiger partial charge in [0.2, 0.25) is 0 Å². The monoisotopic (exact) mass is 241 g/mol. The number of carboxylic acid groups (broad SMARTS) is 1. The smallest absolute Gasteiger partial charge is 0.307 e. The summed E-state index contributed by atoms with van der Waals surface area (Å²) in [5, 5.41) is 19.3. The molecule has 16 heavy (non-hydrogen) atoms. The Kier molecular flexibility index (Phi) is 4.02. The zero-order chi connectivity index (χ0) is 12.1. The molecule has 0 aliphatic heterocycles. The number of hydrogen-bond donors (Lipinski definition) is 1. The van der Waals surface area contributed by atoms with Gasteiger partial charge < -0.3 is 5.11 Å². The second-order valence-electron chi connectivity index (χ2n) is 2.93. The summed E-state index contributed by atoms with van der Waals surface area (Å²) in [5.74, 6) is -1.01. The molecular weight excluding hydrogens is 234 g/mol. The Morgan fingerprint density at radius 2 is 2.25 bits per heavy atom. The Balaban J connectivity index is 3.06. The predicted molar refractivity (Wildman–Crippen MR) is 59.4 cm³/mol. The number of nitro benzene ring substituents is 1. The van der Waals surface area contributed by atoms with Gasteiger partial charge >= 0.3 is 5.97 Å². The first kappa shape index (κ1) is 12.2. The lowest BCUT2D eigenvalue weighted by Gasteiger charge is -1.99. The van der Waals surface area contributed by atoms with Crippen molar-refractivity contribution < 1.29 is 14.8 Å². The first-order chi connectivity index (χ1) is 7.52. The van der Waals surface area contributed by atoms with Crippen LogP contribution in [0.3, 0.4) is 0 Å². The molecule has 1 aromatic carbocycles. The molecule has 0 radical (unpaired) electrons. The van der Waals surface area contributed by atoms with Crippen molar-refractivity contribution in [2.24, 2.45) is 0 Å². The Morgan fingerprint density at radius 3 is 2.81 bits per heavy atom. The fourth-order valence-corrected chi connectivity index (χ4v) is 1.36. The fourth-order valence-electron chi connectivity index (χ4n) is 1.13. The lowest BCUT2D eigenvalue weighted by molar-refractivity contribution is -0.385. The highest BCUT2D eigenvalue weighted by Gasteiger charge is 2.13. The summed E-state index contributed by atoms with van der Waals surface area (Å²) in [4.78, 5) is 20.4. The second-order valence-corrected chi connectivity index (χ2v) is 3.34. The van der Waals surface area contributed by atoms with Crippen LogP contribution in [-0.4, -0.2) is 16.0 Å². The maximum Gasteiger partial charge on any atom is 0.307 e. The van der Waals surface area contributed by atoms with E-state index < -0.39 is 10.9 Å². The van der Waals surface area contributed by atoms with Crippen molar-refractivity contribution in [1.82, 2.24) is 0 Å². The molecule has 0 saturated heterocycles. The number of carbonyl (C=O) groups is 1. The maximum atomic E-state index is 10.7. The number of hydrogen-bond acceptors (Lipinski definition) is 3. The van der Waals surface area contributed by atoms with Crippen LogP contribution in [0.25, 0.3) is 6.08 Å². The zero-order valence-electron chi connectivity index (χ0n) is 8.09. The largest absolute Gasteiger partial charge is 0.481 e. The van der Waals surface area contributed by atoms with E-state index in [1.807, 2.05) is 0 Å². The number of carboxylic acids is 1. The van der Waals surface area contributed by atoms with Crippen LogP contribution < -0.4 is 0 Å². The van der Waals surface area contributed by atoms with E-state index >= 15 is 0 Å². The molecule has 0 aromatic heterocycles. The normalized spacial score (nSPS) is 10.6. The highest BCUT2D eigenvalue weighted by Crippen LogP contribution is 2.27. The van der Waals surface area contributed by atoms with E-state index in [4.69, 9.17) is 16.7 Å². The van der Waals surface area contributed by atoms with Gasteiger partial charge in [0.1, 0.15) is 0 Å². The molecule has 1 aromatic rings. The van der Waals surface area contributed by atoms with Crippen molar-refractivity contribution in [2.45, 2.75) is 6.42 Å². The predicted octanol–water partition coefficient (Wildman–Crippen LogP) is 2.74. The number of halogens is 1. The summed E-state index contributed by atoms with van der Waals surface area (Å²) < 4.78 is 0. The van der Waals surface area contributed by atoms with Gasteiger partial charge in [-0.25, -0.2) is 0 Å². The van der Waals surface area contributed by atoms with E-state index in [2.05, 4.69) is 0 Å². The van der Waals surface area contributed by atoms with Crippen LogP contribution in [0.15, 0.2) is 24.3 Å². The molecule has 0 bridgehead atoms. The van der Waals surface area contributed by atoms with Crippen LogP contribution in [0, 0.1) is 10.1 Å². The molecule has 6 heteroatoms. The SMILES string of the molecule is O=C(O)CC=Cc1c(Cl)cccc1[N+](=O)[O-]. The van der Waals surface area contributed by atoms with E-state index in [9.17, 15) is 14.9 Å². The van der Waals surface area contributed by atoms with Gasteiger partial charge in [-0.3, -0.25) is 14.9 Å². The average molecular weight is 242 g/mol. The summed E-state index contributed by atoms with van der Waals surface area (Å²) >= 11 is 5.79. The van der Waals surface area contributed by atoms with E-state index in [1.54, 1.807) is 0 Å². The van der Waals surface area contributed by atoms with E-state index in [0.717, 1.165) is 0 Å². The lowest BCUT2D eigenvalue weighted by atomic mass is 10.1. The van der Waals surface area contributed by atoms with Crippen molar-refractivity contribution >= 4 is 29.3 Å². The summed E-state index contributed by atoms with van der Waals surface area (Å²) in [6.07, 6.45) is 2.45. The number of rotatable bonds is 4. The number of aliphatic carboxylic acids is 1. The first-order valence-corrected chi connectivity index (χ1v) is 4.71. The molecule has 0 unspecified atom stereocenters. The number of benzene rings is 1. The van der Waals surface area contributed by atoms with Crippen LogP contribution >= 0.6 is 11.6 Å². The van der Waals surface area contributed by atoms with Crippen LogP contribution in [-0.2, 0) is 4.79 Å². The molecule has 5 nitrogen and oxygen atoms in total. The number of nitro groups is 1. The van der Waals surface area contributed by atoms with Crippen molar-refractivity contribution in [3.63, 3.8) is 0 Å². The third-order valence-corrected chi connectivity index (χ3v) is 2.13. The van der Waals surface area contributed by atoms with Gasteiger partial charge in [0.05, 0.1) is 21.9 Å². The lowest BCUT2D eigenvalue weighted by Crippen LogP contribution is -1.93. The zero-order valence-corrected chi connectivity index (χ0v) is 8.85. The molecule has 0 amide bonds. The third-order valence-electron chi connectivity index (χ3n) is 1.80. The van der Waals surface area contributed by atoms with Crippen molar-refractivity contribution in [1.29, 1.82) is 0 Å². The van der Waals surface area contributed by atoms with Gasteiger partial charge in [-0.15, -0.1) is 0 Å². The molecule has 1 rings (SSSR count). The quantitative estimate of drug-likeness (QED) is 0.649. The van der Waals surface area contributed by atoms with Gasteiger partial charge in [0, 0.05) is 6.07 Å². The number of nitrogens with zero attached hydrogens (tertiary/aromatic N) is 1. The first-order valence-electron chi connectivity index (χ1n) is 4.33. The molecule has 0 spiro atoms. The fraction of sp³-hybridized carbons (Fsp3) is 0.100. The van der Waals surface area contributed by atoms with Gasteiger partial charge in [0.25, 0.3) is 5.69 Å². The molecule has 0 saturated carbocycles. The van der Waals surface area contributed by atoms with Gasteiger partial charge in [0.15, 0.2) is 0 Å². The highest BCUT2D eigenvalue weighted by molar-refractivity contribution is 6.32. The molecule has 1 N–H and O–H groups in total. The Bertz CT molecular complexity index is 456. The summed E-state index contributed by atoms with van der Waals surface area (Å²) in [7, 11) is 0. The van der Waals surface area contributed by atoms with E-state index in [-0.39, 0.29) is 22.7 Å². The third kappa shape index (κ3) is 3.06. The Hall–Kier alpha value is -1.88. The minimum Gasteiger partial charge on any atom is -0.481 e. The maximum absolute atomic E-state index is 10.7. The van der Waals surface area contributed by atoms with Crippen molar-refractivity contribution in [2.75, 3.05) is 0 Å². The van der Waals surface area contributed by atoms with Crippen LogP contribution in [0.1, 0.15) is 12.0 Å². The second kappa shape index (κ2) is 5.27. The minimum atomic E-state index is -1.01. The van der Waals surface area contributed by atoms with Gasteiger partial charge in [-0.05, 0) is 12.1 Å². The molecule has 0 aliphatic rings. The van der Waals surface area contributed by atoms with Crippen LogP contribution in [0.4, 0.5) is 5.69 Å². The molecule has 0 fully saturated rings. The standard InChI is InChI=1S/C10H8ClNO4/c11-8-4-2-5-9(12(15)16)7(8)3-1-6-10(13)14/h1-5H,6H2,(H,13,14). The van der Waals surface area contributed by atoms with E-state index in [0.29, 0.717) is 0 Å². The van der Waals surface area contributed by atoms with Gasteiger partial charge in [-0.1, -0.05) is 23.7 Å². The topological polar surface area (TPSA) is 80.4 Å². The Morgan fingerprint density at radius 1 is 1.56 bits per heavy atom. The minimum absolute atomic E-state index is 0.144. The van der Waals surface area contributed by atoms with Crippen molar-refractivity contribution in [3.05, 3.63) is 45.0 Å². The molecular formula is C10H8ClNO4. The summed E-state index contributed by atoms with van der Waals surface area (Å²) in [6.45, 7) is 0. The van der Waals surface area contributed by atoms with E-state index in [1.165, 1.54) is 30.4 Å². The molecule has 84 valence electrons. The van der Waals surface area contributed by atoms with Crippen molar-refractivity contribution in [3.8, 4) is 0 Å². The highest BCUT2D eigenvalue weighted by atomic mass is 35.5. The van der Waals surface area contributed by atoms with Crippen LogP contribution in [0.2, 0.25) is 5.02 Å². The molecule has 0 aliphatic carbocycles. The average Bonchev–Trinajstić information content (AvgIpc) is 2.19. The molecule has 0 atom stereocenters. The summed E-state index contributed by atoms with van der Waals surface area (Å²) in [6, 6.07) is 4.29. The Labute approximate surface area is 96.1 Å². The van der Waals surface area contributed by atoms with Crippen LogP contribution in [0.5, 0.6) is 0 Å². The summed E-state index contributed by atoms with van der Waals surface area (Å²) in [5.41, 5.74) is 0.0737.